The molecule has 0 aromatic heterocycles. The number of hydrogen-bond acceptors (Lipinski definition) is 3. The number of nitrogens with one attached hydrogen (secondary N) is 1. The van der Waals surface area contributed by atoms with Gasteiger partial charge in [0.15, 0.2) is 0 Å². The van der Waals surface area contributed by atoms with Crippen molar-refractivity contribution in [2.75, 3.05) is 32.4 Å². The van der Waals surface area contributed by atoms with Gasteiger partial charge in [-0.2, -0.15) is 11.8 Å². The third-order valence-corrected chi connectivity index (χ3v) is 4.45. The Hall–Kier alpha value is -0.220. The second kappa shape index (κ2) is 5.92. The lowest BCUT2D eigenvalue weighted by Gasteiger charge is -2.25. The minimum Gasteiger partial charge on any atom is -0.342 e. The Morgan fingerprint density at radius 2 is 2.19 bits per heavy atom. The van der Waals surface area contributed by atoms with Gasteiger partial charge in [-0.3, -0.25) is 4.79 Å². The summed E-state index contributed by atoms with van der Waals surface area (Å²) in [5.74, 6) is 1.45. The Morgan fingerprint density at radius 1 is 1.50 bits per heavy atom. The first-order valence-electron chi connectivity index (χ1n) is 6.03. The fraction of sp³-hybridized carbons (Fsp3) is 0.917. The summed E-state index contributed by atoms with van der Waals surface area (Å²) in [5, 5.41) is 3.07. The molecule has 16 heavy (non-hydrogen) atoms. The standard InChI is InChI=1S/C12H24N2OS/c1-10(9-13-4)11(15)14-6-5-12(2,3)16-8-7-14/h10,13H,5-9H2,1-4H3. The Kier molecular flexibility index (Phi) is 5.12. The van der Waals surface area contributed by atoms with Crippen LogP contribution in [0.25, 0.3) is 0 Å². The molecule has 0 bridgehead atoms. The van der Waals surface area contributed by atoms with Gasteiger partial charge in [0, 0.05) is 36.1 Å². The fourth-order valence-corrected chi connectivity index (χ4v) is 3.05. The first-order valence-corrected chi connectivity index (χ1v) is 7.02. The van der Waals surface area contributed by atoms with E-state index in [-0.39, 0.29) is 5.92 Å². The van der Waals surface area contributed by atoms with Crippen LogP contribution in [0.3, 0.4) is 0 Å². The van der Waals surface area contributed by atoms with Crippen LogP contribution in [0.4, 0.5) is 0 Å². The Labute approximate surface area is 103 Å². The van der Waals surface area contributed by atoms with E-state index in [0.29, 0.717) is 10.7 Å². The largest absolute Gasteiger partial charge is 0.342 e. The average molecular weight is 244 g/mol. The van der Waals surface area contributed by atoms with Gasteiger partial charge in [-0.05, 0) is 13.5 Å². The summed E-state index contributed by atoms with van der Waals surface area (Å²) >= 11 is 1.98. The number of amides is 1. The molecule has 0 spiro atoms. The zero-order chi connectivity index (χ0) is 12.2. The minimum atomic E-state index is 0.0937. The molecule has 4 heteroatoms. The summed E-state index contributed by atoms with van der Waals surface area (Å²) < 4.78 is 0.321. The van der Waals surface area contributed by atoms with Gasteiger partial charge in [-0.1, -0.05) is 20.8 Å². The SMILES string of the molecule is CNCC(C)C(=O)N1CCSC(C)(C)CC1. The lowest BCUT2D eigenvalue weighted by Crippen LogP contribution is -2.40. The molecule has 1 amide bonds. The van der Waals surface area contributed by atoms with E-state index in [1.54, 1.807) is 0 Å². The van der Waals surface area contributed by atoms with Crippen molar-refractivity contribution in [2.24, 2.45) is 5.92 Å². The number of nitrogens with zero attached hydrogens (tertiary/aromatic N) is 1. The minimum absolute atomic E-state index is 0.0937. The van der Waals surface area contributed by atoms with Crippen LogP contribution in [0.5, 0.6) is 0 Å². The summed E-state index contributed by atoms with van der Waals surface area (Å²) in [5.41, 5.74) is 0. The molecule has 1 rings (SSSR count). The molecule has 1 aliphatic rings. The van der Waals surface area contributed by atoms with Crippen LogP contribution in [0.1, 0.15) is 27.2 Å². The van der Waals surface area contributed by atoms with Gasteiger partial charge >= 0.3 is 0 Å². The number of rotatable bonds is 3. The maximum Gasteiger partial charge on any atom is 0.226 e. The quantitative estimate of drug-likeness (QED) is 0.818. The van der Waals surface area contributed by atoms with E-state index in [1.165, 1.54) is 0 Å². The zero-order valence-corrected chi connectivity index (χ0v) is 11.7. The van der Waals surface area contributed by atoms with Crippen LogP contribution in [-0.2, 0) is 4.79 Å². The normalized spacial score (nSPS) is 22.6. The lowest BCUT2D eigenvalue weighted by atomic mass is 10.1. The van der Waals surface area contributed by atoms with Gasteiger partial charge in [-0.15, -0.1) is 0 Å². The molecule has 1 saturated heterocycles. The van der Waals surface area contributed by atoms with Crippen molar-refractivity contribution in [3.63, 3.8) is 0 Å². The molecule has 1 aliphatic heterocycles. The lowest BCUT2D eigenvalue weighted by molar-refractivity contribution is -0.134. The third-order valence-electron chi connectivity index (χ3n) is 3.08. The summed E-state index contributed by atoms with van der Waals surface area (Å²) in [6.45, 7) is 9.12. The van der Waals surface area contributed by atoms with E-state index in [9.17, 15) is 4.79 Å². The van der Waals surface area contributed by atoms with Crippen molar-refractivity contribution in [1.29, 1.82) is 0 Å². The Bertz CT molecular complexity index is 243. The fourth-order valence-electron chi connectivity index (χ4n) is 1.95. The number of thioether (sulfide) groups is 1. The molecule has 0 radical (unpaired) electrons. The molecule has 0 saturated carbocycles. The molecule has 94 valence electrons. The van der Waals surface area contributed by atoms with Gasteiger partial charge in [0.2, 0.25) is 5.91 Å². The molecule has 1 atom stereocenters. The molecular weight excluding hydrogens is 220 g/mol. The van der Waals surface area contributed by atoms with Gasteiger partial charge in [0.05, 0.1) is 0 Å². The van der Waals surface area contributed by atoms with E-state index in [1.807, 2.05) is 30.6 Å². The Balaban J connectivity index is 2.51. The zero-order valence-electron chi connectivity index (χ0n) is 10.9. The smallest absolute Gasteiger partial charge is 0.226 e. The van der Waals surface area contributed by atoms with E-state index < -0.39 is 0 Å². The van der Waals surface area contributed by atoms with Gasteiger partial charge < -0.3 is 10.2 Å². The van der Waals surface area contributed by atoms with Crippen molar-refractivity contribution in [2.45, 2.75) is 31.9 Å². The van der Waals surface area contributed by atoms with Gasteiger partial charge in [0.1, 0.15) is 0 Å². The monoisotopic (exact) mass is 244 g/mol. The van der Waals surface area contributed by atoms with Crippen molar-refractivity contribution in [3.05, 3.63) is 0 Å². The second-order valence-corrected chi connectivity index (χ2v) is 6.94. The van der Waals surface area contributed by atoms with Gasteiger partial charge in [0.25, 0.3) is 0 Å². The third kappa shape index (κ3) is 3.98. The maximum absolute atomic E-state index is 12.1. The predicted octanol–water partition coefficient (Wildman–Crippen LogP) is 1.59. The topological polar surface area (TPSA) is 32.3 Å². The predicted molar refractivity (Wildman–Crippen MR) is 70.8 cm³/mol. The van der Waals surface area contributed by atoms with Crippen molar-refractivity contribution < 1.29 is 4.79 Å². The van der Waals surface area contributed by atoms with Gasteiger partial charge in [-0.25, -0.2) is 0 Å². The second-order valence-electron chi connectivity index (χ2n) is 5.14. The van der Waals surface area contributed by atoms with E-state index in [2.05, 4.69) is 19.2 Å². The van der Waals surface area contributed by atoms with Crippen LogP contribution in [-0.4, -0.2) is 48.0 Å². The average Bonchev–Trinajstić information content (AvgIpc) is 2.39. The molecule has 3 nitrogen and oxygen atoms in total. The summed E-state index contributed by atoms with van der Waals surface area (Å²) in [6.07, 6.45) is 1.09. The highest BCUT2D eigenvalue weighted by Crippen LogP contribution is 2.30. The van der Waals surface area contributed by atoms with E-state index in [0.717, 1.165) is 31.8 Å². The maximum atomic E-state index is 12.1. The van der Waals surface area contributed by atoms with Crippen LogP contribution in [0, 0.1) is 5.92 Å². The molecule has 1 heterocycles. The molecule has 1 N–H and O–H groups in total. The van der Waals surface area contributed by atoms with E-state index >= 15 is 0 Å². The molecular formula is C12H24N2OS. The van der Waals surface area contributed by atoms with Crippen LogP contribution in [0.15, 0.2) is 0 Å². The van der Waals surface area contributed by atoms with Crippen molar-refractivity contribution in [1.82, 2.24) is 10.2 Å². The highest BCUT2D eigenvalue weighted by molar-refractivity contribution is 8.00. The molecule has 1 unspecified atom stereocenters. The molecule has 0 aromatic rings. The highest BCUT2D eigenvalue weighted by atomic mass is 32.2. The van der Waals surface area contributed by atoms with E-state index in [4.69, 9.17) is 0 Å². The summed E-state index contributed by atoms with van der Waals surface area (Å²) in [6, 6.07) is 0. The molecule has 1 fully saturated rings. The first-order chi connectivity index (χ1) is 7.46. The van der Waals surface area contributed by atoms with Crippen LogP contribution >= 0.6 is 11.8 Å². The van der Waals surface area contributed by atoms with Crippen molar-refractivity contribution >= 4 is 17.7 Å². The number of carbonyl (C=O) groups excluding carboxylic acids is 1. The van der Waals surface area contributed by atoms with Crippen LogP contribution < -0.4 is 5.32 Å². The number of hydrogen-bond donors (Lipinski definition) is 1. The summed E-state index contributed by atoms with van der Waals surface area (Å²) in [4.78, 5) is 14.2. The highest BCUT2D eigenvalue weighted by Gasteiger charge is 2.27. The van der Waals surface area contributed by atoms with Crippen LogP contribution in [0.2, 0.25) is 0 Å². The van der Waals surface area contributed by atoms with Crippen molar-refractivity contribution in [3.8, 4) is 0 Å². The molecule has 0 aromatic carbocycles. The summed E-state index contributed by atoms with van der Waals surface area (Å²) in [7, 11) is 1.89. The molecule has 0 aliphatic carbocycles. The number of carbonyl (C=O) groups is 1. The first kappa shape index (κ1) is 13.8. The Morgan fingerprint density at radius 3 is 2.81 bits per heavy atom.